The first-order valence-electron chi connectivity index (χ1n) is 11.2. The molecule has 0 unspecified atom stereocenters. The number of rotatable bonds is 5. The van der Waals surface area contributed by atoms with Crippen LogP contribution in [0.3, 0.4) is 0 Å². The van der Waals surface area contributed by atoms with E-state index in [4.69, 9.17) is 0 Å². The number of pyridine rings is 1. The normalized spacial score (nSPS) is 14.6. The number of benzene rings is 2. The molecule has 168 valence electrons. The lowest BCUT2D eigenvalue weighted by Gasteiger charge is -2.29. The predicted molar refractivity (Wildman–Crippen MR) is 132 cm³/mol. The number of piperidine rings is 1. The number of carboxylic acids is 1. The maximum atomic E-state index is 12.9. The summed E-state index contributed by atoms with van der Waals surface area (Å²) in [4.78, 5) is 32.4. The smallest absolute Gasteiger partial charge is 0.341 e. The van der Waals surface area contributed by atoms with E-state index < -0.39 is 11.4 Å². The van der Waals surface area contributed by atoms with Gasteiger partial charge in [-0.25, -0.2) is 9.78 Å². The maximum absolute atomic E-state index is 12.9. The Morgan fingerprint density at radius 1 is 1.09 bits per heavy atom. The number of anilines is 1. The molecule has 1 N–H and O–H groups in total. The van der Waals surface area contributed by atoms with E-state index in [1.165, 1.54) is 17.5 Å². The van der Waals surface area contributed by atoms with Gasteiger partial charge in [-0.15, -0.1) is 0 Å². The molecule has 0 saturated carbocycles. The molecule has 2 aromatic carbocycles. The molecule has 4 aromatic rings. The summed E-state index contributed by atoms with van der Waals surface area (Å²) in [5.41, 5.74) is 2.70. The van der Waals surface area contributed by atoms with Crippen molar-refractivity contribution in [3.63, 3.8) is 0 Å². The number of hydrogen-bond acceptors (Lipinski definition) is 5. The molecular formula is C26H25N3O3S. The van der Waals surface area contributed by atoms with Crippen molar-refractivity contribution < 1.29 is 9.90 Å². The van der Waals surface area contributed by atoms with Crippen molar-refractivity contribution in [3.8, 4) is 11.1 Å². The Hall–Kier alpha value is -3.45. The van der Waals surface area contributed by atoms with Gasteiger partial charge in [0.25, 0.3) is 0 Å². The molecule has 7 heteroatoms. The van der Waals surface area contributed by atoms with Gasteiger partial charge < -0.3 is 14.6 Å². The van der Waals surface area contributed by atoms with E-state index in [0.717, 1.165) is 47.8 Å². The molecule has 0 aliphatic carbocycles. The van der Waals surface area contributed by atoms with Crippen LogP contribution in [-0.4, -0.2) is 33.7 Å². The summed E-state index contributed by atoms with van der Waals surface area (Å²) < 4.78 is 1.87. The summed E-state index contributed by atoms with van der Waals surface area (Å²) in [5, 5.41) is 10.5. The molecule has 6 nitrogen and oxygen atoms in total. The second kappa shape index (κ2) is 8.83. The van der Waals surface area contributed by atoms with Crippen molar-refractivity contribution >= 4 is 32.8 Å². The molecule has 5 rings (SSSR count). The monoisotopic (exact) mass is 459 g/mol. The first-order chi connectivity index (χ1) is 16.0. The van der Waals surface area contributed by atoms with E-state index in [9.17, 15) is 14.7 Å². The number of carboxylic acid groups (broad SMARTS) is 1. The topological polar surface area (TPSA) is 75.4 Å². The van der Waals surface area contributed by atoms with Crippen molar-refractivity contribution in [3.05, 3.63) is 82.1 Å². The van der Waals surface area contributed by atoms with Crippen LogP contribution in [0.5, 0.6) is 0 Å². The summed E-state index contributed by atoms with van der Waals surface area (Å²) in [7, 11) is 0. The van der Waals surface area contributed by atoms with E-state index in [2.05, 4.69) is 35.0 Å². The molecule has 0 atom stereocenters. The lowest BCUT2D eigenvalue weighted by molar-refractivity contribution is 0.0695. The van der Waals surface area contributed by atoms with Gasteiger partial charge in [0.1, 0.15) is 15.9 Å². The van der Waals surface area contributed by atoms with Gasteiger partial charge in [0, 0.05) is 25.8 Å². The van der Waals surface area contributed by atoms with Crippen LogP contribution in [0.4, 0.5) is 5.13 Å². The van der Waals surface area contributed by atoms with Crippen LogP contribution < -0.4 is 10.3 Å². The summed E-state index contributed by atoms with van der Waals surface area (Å²) >= 11 is 1.47. The molecule has 1 saturated heterocycles. The minimum absolute atomic E-state index is 0.241. The van der Waals surface area contributed by atoms with E-state index in [1.807, 2.05) is 41.0 Å². The van der Waals surface area contributed by atoms with Gasteiger partial charge >= 0.3 is 5.97 Å². The van der Waals surface area contributed by atoms with E-state index in [0.29, 0.717) is 17.3 Å². The molecule has 0 bridgehead atoms. The van der Waals surface area contributed by atoms with Crippen molar-refractivity contribution in [2.24, 2.45) is 5.92 Å². The first kappa shape index (κ1) is 21.4. The molecule has 1 fully saturated rings. The van der Waals surface area contributed by atoms with Gasteiger partial charge in [0.15, 0.2) is 5.13 Å². The van der Waals surface area contributed by atoms with Gasteiger partial charge in [-0.3, -0.25) is 4.79 Å². The third kappa shape index (κ3) is 4.16. The van der Waals surface area contributed by atoms with E-state index in [1.54, 1.807) is 0 Å². The number of hydrogen-bond donors (Lipinski definition) is 1. The number of aromatic nitrogens is 2. The second-order valence-corrected chi connectivity index (χ2v) is 9.60. The second-order valence-electron chi connectivity index (χ2n) is 8.65. The van der Waals surface area contributed by atoms with Crippen LogP contribution in [0.2, 0.25) is 0 Å². The summed E-state index contributed by atoms with van der Waals surface area (Å²) in [6.07, 6.45) is 3.64. The van der Waals surface area contributed by atoms with Gasteiger partial charge in [0.2, 0.25) is 5.43 Å². The number of thiazole rings is 1. The van der Waals surface area contributed by atoms with Crippen LogP contribution in [0.15, 0.2) is 65.6 Å². The number of carbonyl (C=O) groups is 1. The highest BCUT2D eigenvalue weighted by molar-refractivity contribution is 7.21. The molecule has 0 radical (unpaired) electrons. The van der Waals surface area contributed by atoms with Gasteiger partial charge in [-0.05, 0) is 35.4 Å². The average molecular weight is 460 g/mol. The Morgan fingerprint density at radius 3 is 2.52 bits per heavy atom. The summed E-state index contributed by atoms with van der Waals surface area (Å²) in [6.45, 7) is 4.50. The Bertz CT molecular complexity index is 1370. The van der Waals surface area contributed by atoms with Crippen molar-refractivity contribution in [2.45, 2.75) is 26.3 Å². The molecule has 1 aliphatic rings. The molecule has 1 aliphatic heterocycles. The largest absolute Gasteiger partial charge is 0.477 e. The standard InChI is InChI=1S/C26H25N3O3S/c1-17-11-13-28(14-12-17)26-27-22-23(30)21(25(31)32)16-29(24(22)33-26)15-19-9-5-6-10-20(19)18-7-3-2-4-8-18/h2-10,16-17H,11-15H2,1H3,(H,31,32). The molecule has 33 heavy (non-hydrogen) atoms. The fraction of sp³-hybridized carbons (Fsp3) is 0.269. The third-order valence-electron chi connectivity index (χ3n) is 6.33. The fourth-order valence-electron chi connectivity index (χ4n) is 4.39. The van der Waals surface area contributed by atoms with Gasteiger partial charge in [-0.2, -0.15) is 0 Å². The minimum Gasteiger partial charge on any atom is -0.477 e. The van der Waals surface area contributed by atoms with Crippen molar-refractivity contribution in [2.75, 3.05) is 18.0 Å². The number of fused-ring (bicyclic) bond motifs is 1. The summed E-state index contributed by atoms with van der Waals surface area (Å²) in [5.74, 6) is -0.544. The van der Waals surface area contributed by atoms with E-state index >= 15 is 0 Å². The minimum atomic E-state index is -1.23. The molecule has 2 aromatic heterocycles. The molecule has 0 spiro atoms. The molecule has 0 amide bonds. The highest BCUT2D eigenvalue weighted by Gasteiger charge is 2.23. The predicted octanol–water partition coefficient (Wildman–Crippen LogP) is 5.11. The van der Waals surface area contributed by atoms with Gasteiger partial charge in [0.05, 0.1) is 0 Å². The molecular weight excluding hydrogens is 434 g/mol. The Labute approximate surface area is 195 Å². The lowest BCUT2D eigenvalue weighted by Crippen LogP contribution is -2.32. The molecule has 3 heterocycles. The number of nitrogens with zero attached hydrogens (tertiary/aromatic N) is 3. The quantitative estimate of drug-likeness (QED) is 0.449. The van der Waals surface area contributed by atoms with E-state index in [-0.39, 0.29) is 11.1 Å². The Morgan fingerprint density at radius 2 is 1.79 bits per heavy atom. The number of aromatic carboxylic acids is 1. The van der Waals surface area contributed by atoms with Crippen molar-refractivity contribution in [1.29, 1.82) is 0 Å². The van der Waals surface area contributed by atoms with Gasteiger partial charge in [-0.1, -0.05) is 72.9 Å². The Kier molecular flexibility index (Phi) is 5.72. The zero-order valence-corrected chi connectivity index (χ0v) is 19.2. The SMILES string of the molecule is CC1CCN(c2nc3c(=O)c(C(=O)O)cn(Cc4ccccc4-c4ccccc4)c3s2)CC1. The first-order valence-corrected chi connectivity index (χ1v) is 12.0. The fourth-order valence-corrected chi connectivity index (χ4v) is 5.48. The Balaban J connectivity index is 1.62. The van der Waals surface area contributed by atoms with Crippen molar-refractivity contribution in [1.82, 2.24) is 9.55 Å². The lowest BCUT2D eigenvalue weighted by atomic mass is 9.99. The zero-order valence-electron chi connectivity index (χ0n) is 18.4. The zero-order chi connectivity index (χ0) is 22.9. The highest BCUT2D eigenvalue weighted by Crippen LogP contribution is 2.32. The van der Waals surface area contributed by atoms with Crippen LogP contribution in [-0.2, 0) is 6.54 Å². The summed E-state index contributed by atoms with van der Waals surface area (Å²) in [6, 6.07) is 18.2. The van der Waals surface area contributed by atoms with Crippen LogP contribution in [0, 0.1) is 5.92 Å². The van der Waals surface area contributed by atoms with Crippen LogP contribution in [0.25, 0.3) is 21.5 Å². The highest BCUT2D eigenvalue weighted by atomic mass is 32.1. The maximum Gasteiger partial charge on any atom is 0.341 e. The van der Waals surface area contributed by atoms with Crippen LogP contribution in [0.1, 0.15) is 35.7 Å². The van der Waals surface area contributed by atoms with Crippen LogP contribution >= 0.6 is 11.3 Å². The third-order valence-corrected chi connectivity index (χ3v) is 7.48. The average Bonchev–Trinajstić information content (AvgIpc) is 3.28.